The third-order valence-electron chi connectivity index (χ3n) is 4.67. The zero-order valence-electron chi connectivity index (χ0n) is 12.5. The standard InChI is InChI=1S/C16H23N3O2/c1-2-21-16(20)13-9-12(17)10-18-15(13)19-8-7-11-5-3-4-6-14(11)19/h9-11,14H,2-8,17H2,1H3. The van der Waals surface area contributed by atoms with E-state index in [1.165, 1.54) is 32.1 Å². The third kappa shape index (κ3) is 2.69. The molecular formula is C16H23N3O2. The second kappa shape index (κ2) is 5.92. The fourth-order valence-electron chi connectivity index (χ4n) is 3.73. The zero-order chi connectivity index (χ0) is 14.8. The van der Waals surface area contributed by atoms with Crippen molar-refractivity contribution in [1.82, 2.24) is 4.98 Å². The van der Waals surface area contributed by atoms with Gasteiger partial charge in [0.2, 0.25) is 0 Å². The number of nitrogens with two attached hydrogens (primary N) is 1. The summed E-state index contributed by atoms with van der Waals surface area (Å²) in [7, 11) is 0. The Hall–Kier alpha value is -1.78. The van der Waals surface area contributed by atoms with Crippen LogP contribution in [0.25, 0.3) is 0 Å². The molecule has 114 valence electrons. The number of carbonyl (C=O) groups excluding carboxylic acids is 1. The third-order valence-corrected chi connectivity index (χ3v) is 4.67. The van der Waals surface area contributed by atoms with Crippen LogP contribution in [0.4, 0.5) is 11.5 Å². The van der Waals surface area contributed by atoms with Gasteiger partial charge in [0, 0.05) is 12.6 Å². The van der Waals surface area contributed by atoms with Crippen molar-refractivity contribution in [3.05, 3.63) is 17.8 Å². The van der Waals surface area contributed by atoms with Crippen LogP contribution in [0.3, 0.4) is 0 Å². The molecule has 0 spiro atoms. The number of carbonyl (C=O) groups is 1. The van der Waals surface area contributed by atoms with Gasteiger partial charge in [-0.25, -0.2) is 9.78 Å². The van der Waals surface area contributed by atoms with Crippen molar-refractivity contribution in [3.63, 3.8) is 0 Å². The van der Waals surface area contributed by atoms with Crippen molar-refractivity contribution < 1.29 is 9.53 Å². The molecule has 2 heterocycles. The second-order valence-corrected chi connectivity index (χ2v) is 5.95. The van der Waals surface area contributed by atoms with Crippen LogP contribution in [0.1, 0.15) is 49.4 Å². The van der Waals surface area contributed by atoms with Crippen LogP contribution in [-0.2, 0) is 4.74 Å². The van der Waals surface area contributed by atoms with Crippen molar-refractivity contribution in [3.8, 4) is 0 Å². The number of hydrogen-bond acceptors (Lipinski definition) is 5. The van der Waals surface area contributed by atoms with E-state index in [2.05, 4.69) is 9.88 Å². The molecule has 1 aliphatic carbocycles. The Kier molecular flexibility index (Phi) is 3.99. The molecule has 3 rings (SSSR count). The van der Waals surface area contributed by atoms with Gasteiger partial charge in [0.15, 0.2) is 0 Å². The summed E-state index contributed by atoms with van der Waals surface area (Å²) < 4.78 is 5.16. The highest BCUT2D eigenvalue weighted by atomic mass is 16.5. The largest absolute Gasteiger partial charge is 0.462 e. The van der Waals surface area contributed by atoms with Gasteiger partial charge in [-0.3, -0.25) is 0 Å². The van der Waals surface area contributed by atoms with E-state index in [1.807, 2.05) is 6.92 Å². The van der Waals surface area contributed by atoms with Gasteiger partial charge >= 0.3 is 5.97 Å². The minimum atomic E-state index is -0.327. The van der Waals surface area contributed by atoms with Crippen LogP contribution in [0, 0.1) is 5.92 Å². The van der Waals surface area contributed by atoms with Crippen LogP contribution in [0.15, 0.2) is 12.3 Å². The highest BCUT2D eigenvalue weighted by Gasteiger charge is 2.37. The summed E-state index contributed by atoms with van der Waals surface area (Å²) in [6, 6.07) is 2.21. The Morgan fingerprint density at radius 1 is 1.43 bits per heavy atom. The quantitative estimate of drug-likeness (QED) is 0.866. The lowest BCUT2D eigenvalue weighted by Crippen LogP contribution is -2.36. The molecule has 2 aliphatic rings. The Balaban J connectivity index is 1.92. The molecule has 0 bridgehead atoms. The molecule has 2 fully saturated rings. The summed E-state index contributed by atoms with van der Waals surface area (Å²) >= 11 is 0. The summed E-state index contributed by atoms with van der Waals surface area (Å²) in [4.78, 5) is 18.9. The Bertz CT molecular complexity index is 532. The number of pyridine rings is 1. The van der Waals surface area contributed by atoms with Gasteiger partial charge < -0.3 is 15.4 Å². The lowest BCUT2D eigenvalue weighted by molar-refractivity contribution is 0.0526. The van der Waals surface area contributed by atoms with Crippen molar-refractivity contribution in [2.24, 2.45) is 5.92 Å². The van der Waals surface area contributed by atoms with E-state index in [1.54, 1.807) is 12.3 Å². The molecule has 1 saturated carbocycles. The summed E-state index contributed by atoms with van der Waals surface area (Å²) in [6.45, 7) is 3.14. The first kappa shape index (κ1) is 14.2. The van der Waals surface area contributed by atoms with E-state index in [0.717, 1.165) is 18.3 Å². The predicted octanol–water partition coefficient (Wildman–Crippen LogP) is 2.61. The minimum Gasteiger partial charge on any atom is -0.462 e. The minimum absolute atomic E-state index is 0.327. The number of rotatable bonds is 3. The summed E-state index contributed by atoms with van der Waals surface area (Å²) in [6.07, 6.45) is 7.91. The highest BCUT2D eigenvalue weighted by molar-refractivity contribution is 5.95. The Labute approximate surface area is 125 Å². The molecule has 5 heteroatoms. The number of nitrogen functional groups attached to an aromatic ring is 1. The number of esters is 1. The van der Waals surface area contributed by atoms with E-state index in [-0.39, 0.29) is 5.97 Å². The van der Waals surface area contributed by atoms with Crippen molar-refractivity contribution in [1.29, 1.82) is 0 Å². The van der Waals surface area contributed by atoms with E-state index >= 15 is 0 Å². The van der Waals surface area contributed by atoms with Gasteiger partial charge in [-0.05, 0) is 38.2 Å². The summed E-state index contributed by atoms with van der Waals surface area (Å²) in [5.41, 5.74) is 6.81. The highest BCUT2D eigenvalue weighted by Crippen LogP contribution is 2.39. The number of nitrogens with zero attached hydrogens (tertiary/aromatic N) is 2. The van der Waals surface area contributed by atoms with Gasteiger partial charge in [-0.15, -0.1) is 0 Å². The number of fused-ring (bicyclic) bond motifs is 1. The molecule has 0 amide bonds. The Morgan fingerprint density at radius 3 is 3.05 bits per heavy atom. The number of aromatic nitrogens is 1. The normalized spacial score (nSPS) is 24.7. The smallest absolute Gasteiger partial charge is 0.341 e. The topological polar surface area (TPSA) is 68.5 Å². The second-order valence-electron chi connectivity index (χ2n) is 5.95. The average molecular weight is 289 g/mol. The maximum Gasteiger partial charge on any atom is 0.341 e. The van der Waals surface area contributed by atoms with Crippen LogP contribution < -0.4 is 10.6 Å². The zero-order valence-corrected chi connectivity index (χ0v) is 12.5. The van der Waals surface area contributed by atoms with Crippen molar-refractivity contribution in [2.75, 3.05) is 23.8 Å². The molecular weight excluding hydrogens is 266 g/mol. The number of anilines is 2. The van der Waals surface area contributed by atoms with Crippen LogP contribution in [0.2, 0.25) is 0 Å². The van der Waals surface area contributed by atoms with Gasteiger partial charge in [0.05, 0.1) is 18.5 Å². The van der Waals surface area contributed by atoms with Crippen LogP contribution in [0.5, 0.6) is 0 Å². The van der Waals surface area contributed by atoms with Gasteiger partial charge in [0.25, 0.3) is 0 Å². The van der Waals surface area contributed by atoms with Crippen molar-refractivity contribution >= 4 is 17.5 Å². The lowest BCUT2D eigenvalue weighted by Gasteiger charge is -2.33. The molecule has 2 N–H and O–H groups in total. The number of hydrogen-bond donors (Lipinski definition) is 1. The van der Waals surface area contributed by atoms with Crippen LogP contribution >= 0.6 is 0 Å². The van der Waals surface area contributed by atoms with E-state index < -0.39 is 0 Å². The number of ether oxygens (including phenoxy) is 1. The maximum atomic E-state index is 12.2. The molecule has 1 saturated heterocycles. The first-order chi connectivity index (χ1) is 10.2. The molecule has 2 atom stereocenters. The molecule has 1 aromatic heterocycles. The molecule has 1 aliphatic heterocycles. The van der Waals surface area contributed by atoms with E-state index in [0.29, 0.717) is 23.9 Å². The Morgan fingerprint density at radius 2 is 2.24 bits per heavy atom. The first-order valence-electron chi connectivity index (χ1n) is 7.90. The summed E-state index contributed by atoms with van der Waals surface area (Å²) in [5, 5.41) is 0. The molecule has 1 aromatic rings. The van der Waals surface area contributed by atoms with Crippen LogP contribution in [-0.4, -0.2) is 30.1 Å². The van der Waals surface area contributed by atoms with E-state index in [9.17, 15) is 4.79 Å². The molecule has 0 aromatic carbocycles. The summed E-state index contributed by atoms with van der Waals surface area (Å²) in [5.74, 6) is 1.16. The fraction of sp³-hybridized carbons (Fsp3) is 0.625. The maximum absolute atomic E-state index is 12.2. The lowest BCUT2D eigenvalue weighted by atomic mass is 9.85. The molecule has 5 nitrogen and oxygen atoms in total. The monoisotopic (exact) mass is 289 g/mol. The molecule has 21 heavy (non-hydrogen) atoms. The predicted molar refractivity (Wildman–Crippen MR) is 82.3 cm³/mol. The molecule has 2 unspecified atom stereocenters. The van der Waals surface area contributed by atoms with Gasteiger partial charge in [-0.1, -0.05) is 12.8 Å². The SMILES string of the molecule is CCOC(=O)c1cc(N)cnc1N1CCC2CCCCC21. The van der Waals surface area contributed by atoms with Gasteiger partial charge in [-0.2, -0.15) is 0 Å². The molecule has 0 radical (unpaired) electrons. The van der Waals surface area contributed by atoms with Crippen molar-refractivity contribution in [2.45, 2.75) is 45.1 Å². The average Bonchev–Trinajstić information content (AvgIpc) is 2.91. The van der Waals surface area contributed by atoms with Gasteiger partial charge in [0.1, 0.15) is 11.4 Å². The first-order valence-corrected chi connectivity index (χ1v) is 7.90. The fourth-order valence-corrected chi connectivity index (χ4v) is 3.73. The van der Waals surface area contributed by atoms with E-state index in [4.69, 9.17) is 10.5 Å².